The fraction of sp³-hybridized carbons (Fsp3) is 0.409. The lowest BCUT2D eigenvalue weighted by Gasteiger charge is -2.49. The Morgan fingerprint density at radius 2 is 1.93 bits per heavy atom. The van der Waals surface area contributed by atoms with E-state index in [1.54, 1.807) is 18.2 Å². The van der Waals surface area contributed by atoms with Crippen molar-refractivity contribution in [2.24, 2.45) is 0 Å². The standard InChI is InChI=1S/C22H24Cl2N2O3/c1-29-19-4-2-3-18(20(19)24)21(27)25-11-12-26-14-22(28,10-9-17(26)13-25)15-5-7-16(23)8-6-15/h2-8,17,28H,9-14H2,1H3/t17-,22+/m0/s1. The molecule has 2 aliphatic heterocycles. The van der Waals surface area contributed by atoms with Crippen molar-refractivity contribution < 1.29 is 14.6 Å². The first-order valence-corrected chi connectivity index (χ1v) is 10.5. The lowest BCUT2D eigenvalue weighted by Crippen LogP contribution is -2.60. The quantitative estimate of drug-likeness (QED) is 0.797. The number of fused-ring (bicyclic) bond motifs is 1. The van der Waals surface area contributed by atoms with Crippen LogP contribution in [0.25, 0.3) is 0 Å². The predicted molar refractivity (Wildman–Crippen MR) is 114 cm³/mol. The number of aliphatic hydroxyl groups is 1. The Balaban J connectivity index is 1.46. The van der Waals surface area contributed by atoms with Crippen molar-refractivity contribution in [3.8, 4) is 5.75 Å². The molecule has 4 rings (SSSR count). The Hall–Kier alpha value is -1.79. The van der Waals surface area contributed by atoms with Crippen LogP contribution >= 0.6 is 23.2 Å². The Labute approximate surface area is 180 Å². The van der Waals surface area contributed by atoms with E-state index < -0.39 is 5.60 Å². The van der Waals surface area contributed by atoms with Gasteiger partial charge < -0.3 is 14.7 Å². The van der Waals surface area contributed by atoms with Crippen LogP contribution in [-0.4, -0.2) is 60.1 Å². The van der Waals surface area contributed by atoms with Crippen LogP contribution in [0.5, 0.6) is 5.75 Å². The highest BCUT2D eigenvalue weighted by Crippen LogP contribution is 2.36. The van der Waals surface area contributed by atoms with Gasteiger partial charge in [-0.05, 0) is 42.7 Å². The molecule has 2 aromatic carbocycles. The molecule has 0 unspecified atom stereocenters. The van der Waals surface area contributed by atoms with Crippen molar-refractivity contribution >= 4 is 29.1 Å². The fourth-order valence-electron chi connectivity index (χ4n) is 4.38. The number of ether oxygens (including phenoxy) is 1. The molecule has 0 bridgehead atoms. The summed E-state index contributed by atoms with van der Waals surface area (Å²) in [7, 11) is 1.54. The van der Waals surface area contributed by atoms with Gasteiger partial charge in [-0.25, -0.2) is 0 Å². The molecule has 5 nitrogen and oxygen atoms in total. The number of hydrogen-bond acceptors (Lipinski definition) is 4. The molecule has 0 radical (unpaired) electrons. The molecule has 2 atom stereocenters. The fourth-order valence-corrected chi connectivity index (χ4v) is 4.79. The van der Waals surface area contributed by atoms with E-state index in [4.69, 9.17) is 27.9 Å². The molecule has 29 heavy (non-hydrogen) atoms. The van der Waals surface area contributed by atoms with Crippen molar-refractivity contribution in [1.82, 2.24) is 9.80 Å². The molecule has 2 aromatic rings. The Kier molecular flexibility index (Phi) is 5.76. The molecule has 1 amide bonds. The number of rotatable bonds is 3. The first kappa shape index (κ1) is 20.5. The molecule has 2 fully saturated rings. The number of carbonyl (C=O) groups is 1. The van der Waals surface area contributed by atoms with Crippen molar-refractivity contribution in [3.63, 3.8) is 0 Å². The third kappa shape index (κ3) is 3.97. The molecule has 2 heterocycles. The SMILES string of the molecule is COc1cccc(C(=O)N2CCN3C[C@@](O)(c4ccc(Cl)cc4)CC[C@H]3C2)c1Cl. The minimum atomic E-state index is -0.886. The number of piperazine rings is 1. The molecule has 1 N–H and O–H groups in total. The maximum absolute atomic E-state index is 13.0. The summed E-state index contributed by atoms with van der Waals surface area (Å²) < 4.78 is 5.23. The number of halogens is 2. The van der Waals surface area contributed by atoms with Gasteiger partial charge >= 0.3 is 0 Å². The zero-order chi connectivity index (χ0) is 20.6. The highest BCUT2D eigenvalue weighted by Gasteiger charge is 2.42. The van der Waals surface area contributed by atoms with Crippen molar-refractivity contribution in [1.29, 1.82) is 0 Å². The van der Waals surface area contributed by atoms with Crippen LogP contribution in [0.15, 0.2) is 42.5 Å². The summed E-state index contributed by atoms with van der Waals surface area (Å²) in [5.74, 6) is 0.425. The minimum absolute atomic E-state index is 0.0768. The van der Waals surface area contributed by atoms with Crippen LogP contribution in [0.2, 0.25) is 10.0 Å². The highest BCUT2D eigenvalue weighted by molar-refractivity contribution is 6.35. The number of nitrogens with zero attached hydrogens (tertiary/aromatic N) is 2. The van der Waals surface area contributed by atoms with Crippen molar-refractivity contribution in [3.05, 3.63) is 63.6 Å². The monoisotopic (exact) mass is 434 g/mol. The molecule has 2 saturated heterocycles. The Morgan fingerprint density at radius 1 is 1.17 bits per heavy atom. The molecular formula is C22H24Cl2N2O3. The van der Waals surface area contributed by atoms with Gasteiger partial charge in [0.1, 0.15) is 11.4 Å². The molecule has 0 saturated carbocycles. The smallest absolute Gasteiger partial charge is 0.255 e. The summed E-state index contributed by atoms with van der Waals surface area (Å²) in [5.41, 5.74) is 0.471. The average molecular weight is 435 g/mol. The molecular weight excluding hydrogens is 411 g/mol. The molecule has 0 spiro atoms. The summed E-state index contributed by atoms with van der Waals surface area (Å²) in [6.45, 7) is 2.50. The number of benzene rings is 2. The first-order chi connectivity index (χ1) is 13.9. The molecule has 2 aliphatic rings. The van der Waals surface area contributed by atoms with Gasteiger partial charge in [0, 0.05) is 37.2 Å². The van der Waals surface area contributed by atoms with E-state index in [0.717, 1.165) is 12.0 Å². The van der Waals surface area contributed by atoms with Gasteiger partial charge in [-0.1, -0.05) is 41.4 Å². The van der Waals surface area contributed by atoms with Gasteiger partial charge in [0.05, 0.1) is 17.7 Å². The van der Waals surface area contributed by atoms with Gasteiger partial charge in [-0.3, -0.25) is 9.69 Å². The molecule has 0 aromatic heterocycles. The van der Waals surface area contributed by atoms with Gasteiger partial charge in [0.15, 0.2) is 0 Å². The van der Waals surface area contributed by atoms with Crippen LogP contribution in [0.4, 0.5) is 0 Å². The lowest BCUT2D eigenvalue weighted by atomic mass is 9.82. The third-order valence-corrected chi connectivity index (χ3v) is 6.68. The predicted octanol–water partition coefficient (Wildman–Crippen LogP) is 3.81. The summed E-state index contributed by atoms with van der Waals surface area (Å²) in [5, 5.41) is 12.2. The third-order valence-electron chi connectivity index (χ3n) is 6.04. The van der Waals surface area contributed by atoms with Crippen LogP contribution in [0, 0.1) is 0 Å². The van der Waals surface area contributed by atoms with Gasteiger partial charge in [-0.2, -0.15) is 0 Å². The number of piperidine rings is 1. The van der Waals surface area contributed by atoms with Crippen LogP contribution in [0.3, 0.4) is 0 Å². The number of carbonyl (C=O) groups excluding carboxylic acids is 1. The first-order valence-electron chi connectivity index (χ1n) is 9.75. The maximum Gasteiger partial charge on any atom is 0.255 e. The van der Waals surface area contributed by atoms with Gasteiger partial charge in [-0.15, -0.1) is 0 Å². The summed E-state index contributed by atoms with van der Waals surface area (Å²) in [4.78, 5) is 17.2. The van der Waals surface area contributed by atoms with E-state index >= 15 is 0 Å². The minimum Gasteiger partial charge on any atom is -0.495 e. The Bertz CT molecular complexity index is 905. The second kappa shape index (κ2) is 8.15. The zero-order valence-corrected chi connectivity index (χ0v) is 17.8. The van der Waals surface area contributed by atoms with Crippen molar-refractivity contribution in [2.45, 2.75) is 24.5 Å². The van der Waals surface area contributed by atoms with E-state index in [9.17, 15) is 9.90 Å². The van der Waals surface area contributed by atoms with Gasteiger partial charge in [0.2, 0.25) is 0 Å². The van der Waals surface area contributed by atoms with E-state index in [2.05, 4.69) is 4.90 Å². The number of methoxy groups -OCH3 is 1. The normalized spacial score (nSPS) is 24.8. The van der Waals surface area contributed by atoms with E-state index in [1.165, 1.54) is 7.11 Å². The zero-order valence-electron chi connectivity index (χ0n) is 16.3. The van der Waals surface area contributed by atoms with E-state index in [0.29, 0.717) is 54.0 Å². The number of hydrogen-bond donors (Lipinski definition) is 1. The topological polar surface area (TPSA) is 53.0 Å². The lowest BCUT2D eigenvalue weighted by molar-refractivity contribution is -0.0740. The van der Waals surface area contributed by atoms with Crippen molar-refractivity contribution in [2.75, 3.05) is 33.3 Å². The van der Waals surface area contributed by atoms with Crippen LogP contribution < -0.4 is 4.74 Å². The summed E-state index contributed by atoms with van der Waals surface area (Å²) >= 11 is 12.3. The molecule has 0 aliphatic carbocycles. The number of amides is 1. The largest absolute Gasteiger partial charge is 0.495 e. The highest BCUT2D eigenvalue weighted by atomic mass is 35.5. The van der Waals surface area contributed by atoms with Gasteiger partial charge in [0.25, 0.3) is 5.91 Å². The van der Waals surface area contributed by atoms with Crippen LogP contribution in [0.1, 0.15) is 28.8 Å². The maximum atomic E-state index is 13.0. The van der Waals surface area contributed by atoms with E-state index in [1.807, 2.05) is 29.2 Å². The second-order valence-electron chi connectivity index (χ2n) is 7.77. The summed E-state index contributed by atoms with van der Waals surface area (Å²) in [6.07, 6.45) is 1.46. The molecule has 7 heteroatoms. The summed E-state index contributed by atoms with van der Waals surface area (Å²) in [6, 6.07) is 12.9. The van der Waals surface area contributed by atoms with E-state index in [-0.39, 0.29) is 11.9 Å². The molecule has 154 valence electrons. The van der Waals surface area contributed by atoms with Crippen LogP contribution in [-0.2, 0) is 5.60 Å². The Morgan fingerprint density at radius 3 is 2.66 bits per heavy atom. The second-order valence-corrected chi connectivity index (χ2v) is 8.59. The average Bonchev–Trinajstić information content (AvgIpc) is 2.73.